The van der Waals surface area contributed by atoms with Gasteiger partial charge in [0.2, 0.25) is 5.88 Å². The van der Waals surface area contributed by atoms with Gasteiger partial charge in [-0.2, -0.15) is 9.78 Å². The highest BCUT2D eigenvalue weighted by Crippen LogP contribution is 2.34. The molecule has 0 saturated carbocycles. The van der Waals surface area contributed by atoms with Crippen LogP contribution in [-0.4, -0.2) is 32.9 Å². The predicted molar refractivity (Wildman–Crippen MR) is 157 cm³/mol. The lowest BCUT2D eigenvalue weighted by molar-refractivity contribution is -0.385. The number of aryl methyl sites for hydroxylation is 1. The van der Waals surface area contributed by atoms with Crippen LogP contribution < -0.4 is 15.0 Å². The van der Waals surface area contributed by atoms with Crippen molar-refractivity contribution in [3.63, 3.8) is 0 Å². The number of fused-ring (bicyclic) bond motifs is 1. The molecule has 0 spiro atoms. The zero-order valence-corrected chi connectivity index (χ0v) is 22.9. The Morgan fingerprint density at radius 1 is 1.05 bits per heavy atom. The van der Waals surface area contributed by atoms with Crippen LogP contribution in [0.2, 0.25) is 0 Å². The summed E-state index contributed by atoms with van der Waals surface area (Å²) in [7, 11) is 1.64. The number of methoxy groups -OCH3 is 1. The molecule has 0 amide bonds. The first-order valence-electron chi connectivity index (χ1n) is 12.9. The van der Waals surface area contributed by atoms with E-state index in [4.69, 9.17) is 14.5 Å². The van der Waals surface area contributed by atoms with Gasteiger partial charge < -0.3 is 9.47 Å². The number of ether oxygens (including phenoxy) is 2. The van der Waals surface area contributed by atoms with Crippen LogP contribution in [0.1, 0.15) is 36.5 Å². The quantitative estimate of drug-likeness (QED) is 0.123. The summed E-state index contributed by atoms with van der Waals surface area (Å²) in [5.41, 5.74) is 3.47. The molecule has 2 aromatic heterocycles. The maximum absolute atomic E-state index is 13.7. The van der Waals surface area contributed by atoms with Gasteiger partial charge in [0.05, 0.1) is 29.2 Å². The Kier molecular flexibility index (Phi) is 7.55. The zero-order valence-electron chi connectivity index (χ0n) is 22.9. The molecule has 10 heteroatoms. The van der Waals surface area contributed by atoms with E-state index in [0.29, 0.717) is 28.0 Å². The molecule has 0 bridgehead atoms. The number of nitro groups is 1. The van der Waals surface area contributed by atoms with Crippen molar-refractivity contribution in [1.82, 2.24) is 14.6 Å². The van der Waals surface area contributed by atoms with Gasteiger partial charge in [-0.3, -0.25) is 14.9 Å². The maximum atomic E-state index is 13.7. The predicted octanol–water partition coefficient (Wildman–Crippen LogP) is 6.48. The molecule has 10 nitrogen and oxygen atoms in total. The third kappa shape index (κ3) is 5.67. The van der Waals surface area contributed by atoms with Gasteiger partial charge in [0, 0.05) is 17.7 Å². The lowest BCUT2D eigenvalue weighted by atomic mass is 9.96. The molecule has 0 unspecified atom stereocenters. The summed E-state index contributed by atoms with van der Waals surface area (Å²) in [6, 6.07) is 20.9. The van der Waals surface area contributed by atoms with Gasteiger partial charge in [0.25, 0.3) is 11.2 Å². The average Bonchev–Trinajstić information content (AvgIpc) is 2.97. The second-order valence-electron chi connectivity index (χ2n) is 9.66. The Bertz CT molecular complexity index is 1850. The van der Waals surface area contributed by atoms with Crippen molar-refractivity contribution in [3.8, 4) is 28.8 Å². The van der Waals surface area contributed by atoms with E-state index >= 15 is 0 Å². The summed E-state index contributed by atoms with van der Waals surface area (Å²) in [6.45, 7) is 6.11. The fraction of sp³-hybridized carbons (Fsp3) is 0.161. The number of pyridine rings is 1. The Labute approximate surface area is 235 Å². The summed E-state index contributed by atoms with van der Waals surface area (Å²) in [5, 5.41) is 15.9. The minimum atomic E-state index is -0.525. The van der Waals surface area contributed by atoms with Gasteiger partial charge >= 0.3 is 0 Å². The van der Waals surface area contributed by atoms with Gasteiger partial charge in [0.1, 0.15) is 17.7 Å². The average molecular weight is 550 g/mol. The van der Waals surface area contributed by atoms with Gasteiger partial charge in [-0.25, -0.2) is 9.97 Å². The van der Waals surface area contributed by atoms with E-state index in [9.17, 15) is 14.9 Å². The smallest absolute Gasteiger partial charge is 0.287 e. The third-order valence-corrected chi connectivity index (χ3v) is 6.53. The molecule has 3 aromatic carbocycles. The lowest BCUT2D eigenvalue weighted by Crippen LogP contribution is -2.20. The zero-order chi connectivity index (χ0) is 29.1. The van der Waals surface area contributed by atoms with Crippen molar-refractivity contribution in [2.24, 2.45) is 5.10 Å². The van der Waals surface area contributed by atoms with Crippen LogP contribution in [0.15, 0.2) is 88.9 Å². The highest BCUT2D eigenvalue weighted by atomic mass is 16.6. The Hall–Kier alpha value is -5.38. The van der Waals surface area contributed by atoms with E-state index < -0.39 is 4.92 Å². The van der Waals surface area contributed by atoms with Crippen LogP contribution in [0, 0.1) is 17.0 Å². The molecule has 2 heterocycles. The van der Waals surface area contributed by atoms with Crippen molar-refractivity contribution in [3.05, 3.63) is 116 Å². The second-order valence-corrected chi connectivity index (χ2v) is 9.66. The van der Waals surface area contributed by atoms with E-state index in [1.807, 2.05) is 37.3 Å². The fourth-order valence-corrected chi connectivity index (χ4v) is 4.42. The first-order chi connectivity index (χ1) is 19.7. The van der Waals surface area contributed by atoms with Crippen molar-refractivity contribution in [1.29, 1.82) is 0 Å². The van der Waals surface area contributed by atoms with E-state index in [-0.39, 0.29) is 23.0 Å². The molecule has 0 atom stereocenters. The van der Waals surface area contributed by atoms with Crippen LogP contribution >= 0.6 is 0 Å². The SMILES string of the molecule is COc1cc(C)c(-c2nc3ccccc3c(=O)n2N=Cc2cccc(Oc3ccc([N+](=O)[O-])cn3)c2)cc1C(C)C. The molecular formula is C31H27N5O5. The number of hydrogen-bond acceptors (Lipinski definition) is 8. The molecule has 0 aliphatic rings. The standard InChI is InChI=1S/C31H27N5O5/c1-19(2)25-16-26(20(3)14-28(25)40-4)30-34-27-11-6-5-10-24(27)31(37)35(30)33-17-21-8-7-9-23(15-21)41-29-13-12-22(18-32-29)36(38)39/h5-19H,1-4H3. The molecule has 0 aliphatic carbocycles. The van der Waals surface area contributed by atoms with Gasteiger partial charge in [0.15, 0.2) is 5.82 Å². The minimum absolute atomic E-state index is 0.129. The molecule has 0 radical (unpaired) electrons. The summed E-state index contributed by atoms with van der Waals surface area (Å²) in [6.07, 6.45) is 2.69. The van der Waals surface area contributed by atoms with Crippen LogP contribution in [0.3, 0.4) is 0 Å². The summed E-state index contributed by atoms with van der Waals surface area (Å²) < 4.78 is 12.7. The van der Waals surface area contributed by atoms with Crippen molar-refractivity contribution >= 4 is 22.8 Å². The monoisotopic (exact) mass is 549 g/mol. The number of nitrogens with zero attached hydrogens (tertiary/aromatic N) is 5. The van der Waals surface area contributed by atoms with Crippen molar-refractivity contribution in [2.75, 3.05) is 7.11 Å². The molecule has 5 rings (SSSR count). The van der Waals surface area contributed by atoms with Gasteiger partial charge in [-0.05, 0) is 65.9 Å². The highest BCUT2D eigenvalue weighted by molar-refractivity contribution is 5.82. The van der Waals surface area contributed by atoms with Gasteiger partial charge in [-0.1, -0.05) is 38.1 Å². The second kappa shape index (κ2) is 11.4. The topological polar surface area (TPSA) is 122 Å². The number of hydrogen-bond donors (Lipinski definition) is 0. The van der Waals surface area contributed by atoms with Crippen LogP contribution in [0.25, 0.3) is 22.3 Å². The first-order valence-corrected chi connectivity index (χ1v) is 12.9. The van der Waals surface area contributed by atoms with Gasteiger partial charge in [-0.15, -0.1) is 0 Å². The van der Waals surface area contributed by atoms with Crippen molar-refractivity contribution in [2.45, 2.75) is 26.7 Å². The Balaban J connectivity index is 1.57. The van der Waals surface area contributed by atoms with E-state index in [1.165, 1.54) is 16.8 Å². The largest absolute Gasteiger partial charge is 0.496 e. The molecular weight excluding hydrogens is 522 g/mol. The Morgan fingerprint density at radius 2 is 1.85 bits per heavy atom. The molecule has 5 aromatic rings. The summed E-state index contributed by atoms with van der Waals surface area (Å²) in [4.78, 5) is 32.9. The van der Waals surface area contributed by atoms with E-state index in [0.717, 1.165) is 28.6 Å². The number of aromatic nitrogens is 3. The molecule has 41 heavy (non-hydrogen) atoms. The lowest BCUT2D eigenvalue weighted by Gasteiger charge is -2.17. The number of para-hydroxylation sites is 1. The Morgan fingerprint density at radius 3 is 2.56 bits per heavy atom. The van der Waals surface area contributed by atoms with Crippen LogP contribution in [0.5, 0.6) is 17.4 Å². The first kappa shape index (κ1) is 27.2. The number of benzene rings is 3. The van der Waals surface area contributed by atoms with E-state index in [1.54, 1.807) is 43.7 Å². The highest BCUT2D eigenvalue weighted by Gasteiger charge is 2.18. The molecule has 0 saturated heterocycles. The molecule has 206 valence electrons. The molecule has 0 aliphatic heterocycles. The molecule has 0 fully saturated rings. The molecule has 0 N–H and O–H groups in total. The maximum Gasteiger partial charge on any atom is 0.287 e. The fourth-order valence-electron chi connectivity index (χ4n) is 4.42. The van der Waals surface area contributed by atoms with Crippen LogP contribution in [-0.2, 0) is 0 Å². The van der Waals surface area contributed by atoms with Crippen LogP contribution in [0.4, 0.5) is 5.69 Å². The number of rotatable bonds is 8. The third-order valence-electron chi connectivity index (χ3n) is 6.53. The normalized spacial score (nSPS) is 11.3. The summed E-state index contributed by atoms with van der Waals surface area (Å²) >= 11 is 0. The van der Waals surface area contributed by atoms with E-state index in [2.05, 4.69) is 23.9 Å². The minimum Gasteiger partial charge on any atom is -0.496 e. The summed E-state index contributed by atoms with van der Waals surface area (Å²) in [5.74, 6) is 2.03. The van der Waals surface area contributed by atoms with Crippen molar-refractivity contribution < 1.29 is 14.4 Å².